The molecule has 2 aliphatic rings. The van der Waals surface area contributed by atoms with Gasteiger partial charge in [-0.2, -0.15) is 4.31 Å². The summed E-state index contributed by atoms with van der Waals surface area (Å²) in [4.78, 5) is 17.0. The Labute approximate surface area is 207 Å². The molecule has 0 unspecified atom stereocenters. The molecule has 0 bridgehead atoms. The number of ether oxygens (including phenoxy) is 1. The van der Waals surface area contributed by atoms with E-state index in [0.717, 1.165) is 32.5 Å². The molecule has 9 heteroatoms. The summed E-state index contributed by atoms with van der Waals surface area (Å²) in [7, 11) is -3.91. The zero-order chi connectivity index (χ0) is 24.8. The first-order valence-electron chi connectivity index (χ1n) is 12.4. The first-order chi connectivity index (χ1) is 16.9. The van der Waals surface area contributed by atoms with Crippen LogP contribution in [0.15, 0.2) is 59.5 Å². The van der Waals surface area contributed by atoms with Crippen LogP contribution in [0.4, 0.5) is 9.18 Å². The van der Waals surface area contributed by atoms with Gasteiger partial charge in [0.05, 0.1) is 17.0 Å². The number of amides is 1. The fourth-order valence-electron chi connectivity index (χ4n) is 5.05. The lowest BCUT2D eigenvalue weighted by Crippen LogP contribution is -2.51. The second-order valence-electron chi connectivity index (χ2n) is 9.21. The Balaban J connectivity index is 1.53. The molecule has 2 fully saturated rings. The average molecular weight is 504 g/mol. The third-order valence-electron chi connectivity index (χ3n) is 6.80. The quantitative estimate of drug-likeness (QED) is 0.564. The zero-order valence-corrected chi connectivity index (χ0v) is 21.0. The molecule has 0 spiro atoms. The molecular weight excluding hydrogens is 469 g/mol. The number of hydrogen-bond acceptors (Lipinski definition) is 5. The maximum absolute atomic E-state index is 14.1. The number of hydrogen-bond donors (Lipinski definition) is 0. The number of piperidine rings is 1. The van der Waals surface area contributed by atoms with Crippen molar-refractivity contribution < 1.29 is 22.3 Å². The largest absolute Gasteiger partial charge is 0.448 e. The summed E-state index contributed by atoms with van der Waals surface area (Å²) in [5, 5.41) is 0. The van der Waals surface area contributed by atoms with Crippen molar-refractivity contribution in [2.45, 2.75) is 49.6 Å². The van der Waals surface area contributed by atoms with E-state index in [0.29, 0.717) is 31.5 Å². The maximum atomic E-state index is 14.1. The standard InChI is InChI=1S/C26H34FN3O4S/c1-2-14-28-15-17-29(18-16-28)26(31)34-20-23-10-7-13-25(21-8-6-9-22(27)19-21)30(23)35(32,33)24-11-4-3-5-12-24/h3-6,8-9,11-12,19,23,25H,2,7,10,13-18,20H2,1H3/t23-,25+/m1/s1. The molecule has 190 valence electrons. The van der Waals surface area contributed by atoms with Gasteiger partial charge in [0.15, 0.2) is 0 Å². The van der Waals surface area contributed by atoms with Gasteiger partial charge in [0.25, 0.3) is 0 Å². The minimum absolute atomic E-state index is 0.0358. The Morgan fingerprint density at radius 1 is 1.03 bits per heavy atom. The predicted octanol–water partition coefficient (Wildman–Crippen LogP) is 4.27. The predicted molar refractivity (Wildman–Crippen MR) is 132 cm³/mol. The molecular formula is C26H34FN3O4S. The summed E-state index contributed by atoms with van der Waals surface area (Å²) in [5.41, 5.74) is 0.604. The van der Waals surface area contributed by atoms with Crippen molar-refractivity contribution in [3.63, 3.8) is 0 Å². The van der Waals surface area contributed by atoms with Crippen LogP contribution in [-0.4, -0.2) is 74.0 Å². The zero-order valence-electron chi connectivity index (χ0n) is 20.2. The molecule has 4 rings (SSSR count). The molecule has 1 amide bonds. The van der Waals surface area contributed by atoms with Crippen LogP contribution < -0.4 is 0 Å². The molecule has 0 aromatic heterocycles. The van der Waals surface area contributed by atoms with E-state index >= 15 is 0 Å². The van der Waals surface area contributed by atoms with Crippen LogP contribution in [0.25, 0.3) is 0 Å². The molecule has 0 saturated carbocycles. The summed E-state index contributed by atoms with van der Waals surface area (Å²) in [6.45, 7) is 5.93. The minimum atomic E-state index is -3.91. The van der Waals surface area contributed by atoms with Crippen molar-refractivity contribution in [1.82, 2.24) is 14.1 Å². The van der Waals surface area contributed by atoms with Crippen molar-refractivity contribution in [1.29, 1.82) is 0 Å². The van der Waals surface area contributed by atoms with E-state index in [9.17, 15) is 17.6 Å². The van der Waals surface area contributed by atoms with E-state index in [4.69, 9.17) is 4.74 Å². The Morgan fingerprint density at radius 3 is 2.46 bits per heavy atom. The smallest absolute Gasteiger partial charge is 0.409 e. The van der Waals surface area contributed by atoms with Gasteiger partial charge < -0.3 is 9.64 Å². The van der Waals surface area contributed by atoms with Crippen molar-refractivity contribution in [2.75, 3.05) is 39.3 Å². The number of piperazine rings is 1. The number of sulfonamides is 1. The normalized spacial score (nSPS) is 22.2. The van der Waals surface area contributed by atoms with Gasteiger partial charge in [0, 0.05) is 26.2 Å². The minimum Gasteiger partial charge on any atom is -0.448 e. The number of benzene rings is 2. The highest BCUT2D eigenvalue weighted by molar-refractivity contribution is 7.89. The molecule has 2 saturated heterocycles. The van der Waals surface area contributed by atoms with E-state index in [2.05, 4.69) is 11.8 Å². The van der Waals surface area contributed by atoms with E-state index in [1.165, 1.54) is 16.4 Å². The van der Waals surface area contributed by atoms with Gasteiger partial charge in [0.1, 0.15) is 12.4 Å². The van der Waals surface area contributed by atoms with Crippen molar-refractivity contribution >= 4 is 16.1 Å². The Morgan fingerprint density at radius 2 is 1.77 bits per heavy atom. The summed E-state index contributed by atoms with van der Waals surface area (Å²) >= 11 is 0. The molecule has 7 nitrogen and oxygen atoms in total. The lowest BCUT2D eigenvalue weighted by Gasteiger charge is -2.41. The van der Waals surface area contributed by atoms with E-state index in [1.54, 1.807) is 47.4 Å². The second-order valence-corrected chi connectivity index (χ2v) is 11.1. The number of carbonyl (C=O) groups is 1. The molecule has 2 aromatic carbocycles. The summed E-state index contributed by atoms with van der Waals surface area (Å²) < 4.78 is 48.7. The molecule has 2 aromatic rings. The van der Waals surface area contributed by atoms with E-state index in [-0.39, 0.29) is 11.5 Å². The van der Waals surface area contributed by atoms with Crippen LogP contribution in [0.3, 0.4) is 0 Å². The summed E-state index contributed by atoms with van der Waals surface area (Å²) in [5.74, 6) is -0.407. The molecule has 2 atom stereocenters. The lowest BCUT2D eigenvalue weighted by molar-refractivity contribution is 0.0488. The fourth-order valence-corrected chi connectivity index (χ4v) is 6.91. The molecule has 0 radical (unpaired) electrons. The van der Waals surface area contributed by atoms with Gasteiger partial charge in [-0.25, -0.2) is 17.6 Å². The first-order valence-corrected chi connectivity index (χ1v) is 13.8. The van der Waals surface area contributed by atoms with Crippen LogP contribution in [0, 0.1) is 5.82 Å². The number of nitrogens with zero attached hydrogens (tertiary/aromatic N) is 3. The van der Waals surface area contributed by atoms with Crippen LogP contribution >= 0.6 is 0 Å². The van der Waals surface area contributed by atoms with Gasteiger partial charge in [0.2, 0.25) is 10.0 Å². The highest BCUT2D eigenvalue weighted by atomic mass is 32.2. The van der Waals surface area contributed by atoms with Crippen LogP contribution in [0.5, 0.6) is 0 Å². The van der Waals surface area contributed by atoms with Gasteiger partial charge in [-0.1, -0.05) is 37.3 Å². The number of carbonyl (C=O) groups excluding carboxylic acids is 1. The van der Waals surface area contributed by atoms with Gasteiger partial charge >= 0.3 is 6.09 Å². The van der Waals surface area contributed by atoms with E-state index in [1.807, 2.05) is 0 Å². The summed E-state index contributed by atoms with van der Waals surface area (Å²) in [6, 6.07) is 13.3. The Bertz CT molecular complexity index is 1090. The van der Waals surface area contributed by atoms with Gasteiger partial charge in [-0.3, -0.25) is 4.90 Å². The van der Waals surface area contributed by atoms with Crippen LogP contribution in [-0.2, 0) is 14.8 Å². The lowest BCUT2D eigenvalue weighted by atomic mass is 9.93. The average Bonchev–Trinajstić information content (AvgIpc) is 2.88. The monoisotopic (exact) mass is 503 g/mol. The maximum Gasteiger partial charge on any atom is 0.409 e. The van der Waals surface area contributed by atoms with E-state index < -0.39 is 34.0 Å². The SMILES string of the molecule is CCCN1CCN(C(=O)OC[C@H]2CCC[C@@H](c3cccc(F)c3)N2S(=O)(=O)c2ccccc2)CC1. The third-order valence-corrected chi connectivity index (χ3v) is 8.78. The Kier molecular flexibility index (Phi) is 8.41. The fraction of sp³-hybridized carbons (Fsp3) is 0.500. The van der Waals surface area contributed by atoms with Crippen LogP contribution in [0.2, 0.25) is 0 Å². The van der Waals surface area contributed by atoms with Gasteiger partial charge in [-0.15, -0.1) is 0 Å². The molecule has 0 N–H and O–H groups in total. The molecule has 35 heavy (non-hydrogen) atoms. The summed E-state index contributed by atoms with van der Waals surface area (Å²) in [6.07, 6.45) is 2.55. The number of halogens is 1. The molecule has 2 aliphatic heterocycles. The van der Waals surface area contributed by atoms with Gasteiger partial charge in [-0.05, 0) is 62.1 Å². The first kappa shape index (κ1) is 25.6. The number of rotatable bonds is 7. The van der Waals surface area contributed by atoms with Crippen molar-refractivity contribution in [2.24, 2.45) is 0 Å². The highest BCUT2D eigenvalue weighted by Crippen LogP contribution is 2.39. The van der Waals surface area contributed by atoms with Crippen LogP contribution in [0.1, 0.15) is 44.2 Å². The second kappa shape index (κ2) is 11.5. The Hall–Kier alpha value is -2.49. The van der Waals surface area contributed by atoms with Crippen molar-refractivity contribution in [3.05, 3.63) is 66.0 Å². The third kappa shape index (κ3) is 6.02. The topological polar surface area (TPSA) is 70.2 Å². The molecule has 0 aliphatic carbocycles. The van der Waals surface area contributed by atoms with Crippen molar-refractivity contribution in [3.8, 4) is 0 Å². The molecule has 2 heterocycles. The highest BCUT2D eigenvalue weighted by Gasteiger charge is 2.41.